The van der Waals surface area contributed by atoms with Crippen LogP contribution >= 0.6 is 0 Å². The number of methoxy groups -OCH3 is 1. The van der Waals surface area contributed by atoms with Crippen LogP contribution in [0.2, 0.25) is 0 Å². The topological polar surface area (TPSA) is 15.7 Å². The number of likely N-dealkylation sites (N-methyl/N-ethyl adjacent to an activating group) is 2. The molecule has 0 spiro atoms. The molecule has 0 aliphatic rings. The first-order valence-electron chi connectivity index (χ1n) is 7.71. The van der Waals surface area contributed by atoms with Crippen LogP contribution in [0, 0.1) is 0 Å². The van der Waals surface area contributed by atoms with Gasteiger partial charge in [0.15, 0.2) is 0 Å². The fourth-order valence-electron chi connectivity index (χ4n) is 2.48. The molecule has 0 aliphatic heterocycles. The van der Waals surface area contributed by atoms with Crippen molar-refractivity contribution < 1.29 is 4.74 Å². The molecular weight excluding hydrogens is 272 g/mol. The predicted octanol–water partition coefficient (Wildman–Crippen LogP) is 3.26. The van der Waals surface area contributed by atoms with Gasteiger partial charge in [-0.2, -0.15) is 0 Å². The van der Waals surface area contributed by atoms with Crippen molar-refractivity contribution in [3.63, 3.8) is 0 Å². The van der Waals surface area contributed by atoms with Crippen molar-refractivity contribution in [3.8, 4) is 5.75 Å². The summed E-state index contributed by atoms with van der Waals surface area (Å²) in [6, 6.07) is 18.9. The summed E-state index contributed by atoms with van der Waals surface area (Å²) < 4.78 is 5.27. The largest absolute Gasteiger partial charge is 0.497 e. The highest BCUT2D eigenvalue weighted by molar-refractivity contribution is 5.28. The third-order valence-corrected chi connectivity index (χ3v) is 3.75. The second kappa shape index (κ2) is 8.57. The van der Waals surface area contributed by atoms with Crippen molar-refractivity contribution in [3.05, 3.63) is 65.7 Å². The Balaban J connectivity index is 1.76. The van der Waals surface area contributed by atoms with Crippen molar-refractivity contribution in [2.45, 2.75) is 13.1 Å². The van der Waals surface area contributed by atoms with Gasteiger partial charge in [0.2, 0.25) is 0 Å². The molecule has 22 heavy (non-hydrogen) atoms. The first-order chi connectivity index (χ1) is 10.7. The van der Waals surface area contributed by atoms with Crippen molar-refractivity contribution >= 4 is 0 Å². The van der Waals surface area contributed by atoms with Crippen molar-refractivity contribution in [1.82, 2.24) is 9.80 Å². The average Bonchev–Trinajstić information content (AvgIpc) is 2.54. The molecule has 0 saturated carbocycles. The minimum Gasteiger partial charge on any atom is -0.497 e. The number of ether oxygens (including phenoxy) is 1. The molecule has 3 heteroatoms. The maximum absolute atomic E-state index is 5.27. The molecule has 0 bridgehead atoms. The van der Waals surface area contributed by atoms with E-state index in [0.29, 0.717) is 0 Å². The zero-order chi connectivity index (χ0) is 15.8. The fourth-order valence-corrected chi connectivity index (χ4v) is 2.48. The second-order valence-electron chi connectivity index (χ2n) is 5.81. The Bertz CT molecular complexity index is 556. The van der Waals surface area contributed by atoms with E-state index in [1.54, 1.807) is 7.11 Å². The summed E-state index contributed by atoms with van der Waals surface area (Å²) in [5, 5.41) is 0. The number of hydrogen-bond acceptors (Lipinski definition) is 3. The van der Waals surface area contributed by atoms with Gasteiger partial charge in [0.25, 0.3) is 0 Å². The van der Waals surface area contributed by atoms with Crippen LogP contribution in [0.4, 0.5) is 0 Å². The highest BCUT2D eigenvalue weighted by atomic mass is 16.5. The van der Waals surface area contributed by atoms with Crippen LogP contribution in [0.5, 0.6) is 5.75 Å². The number of nitrogens with zero attached hydrogens (tertiary/aromatic N) is 2. The quantitative estimate of drug-likeness (QED) is 0.744. The predicted molar refractivity (Wildman–Crippen MR) is 92.1 cm³/mol. The lowest BCUT2D eigenvalue weighted by Gasteiger charge is -2.22. The van der Waals surface area contributed by atoms with E-state index in [0.717, 1.165) is 31.9 Å². The summed E-state index contributed by atoms with van der Waals surface area (Å²) in [4.78, 5) is 4.70. The van der Waals surface area contributed by atoms with Gasteiger partial charge in [-0.3, -0.25) is 0 Å². The van der Waals surface area contributed by atoms with Gasteiger partial charge in [-0.25, -0.2) is 0 Å². The Morgan fingerprint density at radius 3 is 2.00 bits per heavy atom. The Morgan fingerprint density at radius 1 is 0.773 bits per heavy atom. The Labute approximate surface area is 134 Å². The molecule has 0 amide bonds. The standard InChI is InChI=1S/C19H26N2O/c1-20(15-17-8-5-4-6-9-17)12-13-21(2)16-18-10-7-11-19(14-18)22-3/h4-11,14H,12-13,15-16H2,1-3H3. The highest BCUT2D eigenvalue weighted by Gasteiger charge is 2.05. The zero-order valence-corrected chi connectivity index (χ0v) is 13.8. The molecule has 0 fully saturated rings. The number of rotatable bonds is 8. The van der Waals surface area contributed by atoms with Gasteiger partial charge in [0.05, 0.1) is 7.11 Å². The van der Waals surface area contributed by atoms with Gasteiger partial charge in [0, 0.05) is 26.2 Å². The monoisotopic (exact) mass is 298 g/mol. The molecule has 2 aromatic carbocycles. The van der Waals surface area contributed by atoms with Crippen LogP contribution in [0.25, 0.3) is 0 Å². The van der Waals surface area contributed by atoms with Gasteiger partial charge in [0.1, 0.15) is 5.75 Å². The van der Waals surface area contributed by atoms with E-state index in [9.17, 15) is 0 Å². The average molecular weight is 298 g/mol. The van der Waals surface area contributed by atoms with E-state index in [-0.39, 0.29) is 0 Å². The maximum Gasteiger partial charge on any atom is 0.119 e. The van der Waals surface area contributed by atoms with E-state index in [4.69, 9.17) is 4.74 Å². The SMILES string of the molecule is COc1cccc(CN(C)CCN(C)Cc2ccccc2)c1. The molecule has 2 rings (SSSR count). The Morgan fingerprint density at radius 2 is 1.36 bits per heavy atom. The first-order valence-corrected chi connectivity index (χ1v) is 7.71. The second-order valence-corrected chi connectivity index (χ2v) is 5.81. The summed E-state index contributed by atoms with van der Waals surface area (Å²) in [6.07, 6.45) is 0. The fraction of sp³-hybridized carbons (Fsp3) is 0.368. The Kier molecular flexibility index (Phi) is 6.44. The minimum atomic E-state index is 0.923. The van der Waals surface area contributed by atoms with Gasteiger partial charge in [-0.1, -0.05) is 42.5 Å². The van der Waals surface area contributed by atoms with E-state index in [2.05, 4.69) is 66.4 Å². The molecule has 118 valence electrons. The zero-order valence-electron chi connectivity index (χ0n) is 13.8. The van der Waals surface area contributed by atoms with Crippen molar-refractivity contribution in [1.29, 1.82) is 0 Å². The lowest BCUT2D eigenvalue weighted by Crippen LogP contribution is -2.30. The van der Waals surface area contributed by atoms with Crippen molar-refractivity contribution in [2.75, 3.05) is 34.3 Å². The van der Waals surface area contributed by atoms with Crippen molar-refractivity contribution in [2.24, 2.45) is 0 Å². The summed E-state index contributed by atoms with van der Waals surface area (Å²) in [5.74, 6) is 0.923. The third kappa shape index (κ3) is 5.51. The van der Waals surface area contributed by atoms with Gasteiger partial charge in [-0.15, -0.1) is 0 Å². The third-order valence-electron chi connectivity index (χ3n) is 3.75. The lowest BCUT2D eigenvalue weighted by molar-refractivity contribution is 0.247. The van der Waals surface area contributed by atoms with Crippen LogP contribution in [-0.2, 0) is 13.1 Å². The molecule has 0 unspecified atom stereocenters. The molecular formula is C19H26N2O. The Hall–Kier alpha value is -1.84. The molecule has 0 saturated heterocycles. The van der Waals surface area contributed by atoms with Crippen LogP contribution in [0.1, 0.15) is 11.1 Å². The molecule has 0 N–H and O–H groups in total. The minimum absolute atomic E-state index is 0.923. The molecule has 0 aromatic heterocycles. The van der Waals surface area contributed by atoms with E-state index in [1.807, 2.05) is 12.1 Å². The molecule has 3 nitrogen and oxygen atoms in total. The summed E-state index contributed by atoms with van der Waals surface area (Å²) >= 11 is 0. The lowest BCUT2D eigenvalue weighted by atomic mass is 10.2. The summed E-state index contributed by atoms with van der Waals surface area (Å²) in [5.41, 5.74) is 2.65. The summed E-state index contributed by atoms with van der Waals surface area (Å²) in [6.45, 7) is 4.03. The van der Waals surface area contributed by atoms with E-state index >= 15 is 0 Å². The van der Waals surface area contributed by atoms with Crippen LogP contribution < -0.4 is 4.74 Å². The van der Waals surface area contributed by atoms with Gasteiger partial charge >= 0.3 is 0 Å². The molecule has 0 radical (unpaired) electrons. The number of hydrogen-bond donors (Lipinski definition) is 0. The first kappa shape index (κ1) is 16.5. The molecule has 0 atom stereocenters. The highest BCUT2D eigenvalue weighted by Crippen LogP contribution is 2.13. The summed E-state index contributed by atoms with van der Waals surface area (Å²) in [7, 11) is 6.05. The maximum atomic E-state index is 5.27. The molecule has 0 heterocycles. The molecule has 2 aromatic rings. The van der Waals surface area contributed by atoms with Gasteiger partial charge < -0.3 is 14.5 Å². The van der Waals surface area contributed by atoms with Crippen LogP contribution in [-0.4, -0.2) is 44.1 Å². The smallest absolute Gasteiger partial charge is 0.119 e. The normalized spacial score (nSPS) is 11.1. The van der Waals surface area contributed by atoms with E-state index in [1.165, 1.54) is 11.1 Å². The van der Waals surface area contributed by atoms with Gasteiger partial charge in [-0.05, 0) is 37.4 Å². The number of benzene rings is 2. The van der Waals surface area contributed by atoms with Crippen LogP contribution in [0.3, 0.4) is 0 Å². The van der Waals surface area contributed by atoms with Crippen LogP contribution in [0.15, 0.2) is 54.6 Å². The van der Waals surface area contributed by atoms with E-state index < -0.39 is 0 Å². The molecule has 0 aliphatic carbocycles.